The summed E-state index contributed by atoms with van der Waals surface area (Å²) in [6.45, 7) is 3.45. The average molecular weight is 897 g/mol. The highest BCUT2D eigenvalue weighted by Crippen LogP contribution is 2.23. The van der Waals surface area contributed by atoms with Crippen LogP contribution in [-0.4, -0.2) is 89.0 Å². The lowest BCUT2D eigenvalue weighted by Gasteiger charge is -2.39. The molecule has 0 spiro atoms. The largest absolute Gasteiger partial charge is 0.462 e. The lowest BCUT2D eigenvalue weighted by molar-refractivity contribution is -0.305. The van der Waals surface area contributed by atoms with Gasteiger partial charge in [-0.05, 0) is 32.1 Å². The van der Waals surface area contributed by atoms with Crippen molar-refractivity contribution in [1.29, 1.82) is 0 Å². The van der Waals surface area contributed by atoms with E-state index in [0.29, 0.717) is 6.42 Å². The first kappa shape index (κ1) is 59.5. The minimum atomic E-state index is -1.60. The number of hydrogen-bond acceptors (Lipinski definition) is 10. The predicted molar refractivity (Wildman–Crippen MR) is 256 cm³/mol. The maximum atomic E-state index is 12.8. The van der Waals surface area contributed by atoms with Gasteiger partial charge in [0, 0.05) is 12.8 Å². The molecular formula is C53H100O10. The van der Waals surface area contributed by atoms with Crippen LogP contribution in [0.1, 0.15) is 258 Å². The molecule has 6 atom stereocenters. The summed E-state index contributed by atoms with van der Waals surface area (Å²) in [6, 6.07) is 0. The van der Waals surface area contributed by atoms with Gasteiger partial charge in [-0.3, -0.25) is 9.59 Å². The number of carbonyl (C=O) groups excluding carboxylic acids is 2. The van der Waals surface area contributed by atoms with Gasteiger partial charge in [-0.1, -0.05) is 225 Å². The van der Waals surface area contributed by atoms with Gasteiger partial charge in [-0.25, -0.2) is 0 Å². The molecule has 372 valence electrons. The zero-order valence-corrected chi connectivity index (χ0v) is 40.8. The molecule has 0 radical (unpaired) electrons. The van der Waals surface area contributed by atoms with Crippen LogP contribution >= 0.6 is 0 Å². The number of unbranched alkanes of at least 4 members (excludes halogenated alkanes) is 33. The van der Waals surface area contributed by atoms with Crippen molar-refractivity contribution >= 4 is 11.9 Å². The van der Waals surface area contributed by atoms with Gasteiger partial charge in [0.2, 0.25) is 0 Å². The van der Waals surface area contributed by atoms with Gasteiger partial charge in [-0.2, -0.15) is 0 Å². The van der Waals surface area contributed by atoms with Gasteiger partial charge in [0.25, 0.3) is 0 Å². The molecule has 0 aromatic heterocycles. The molecule has 63 heavy (non-hydrogen) atoms. The van der Waals surface area contributed by atoms with Crippen molar-refractivity contribution in [2.75, 3.05) is 19.8 Å². The minimum Gasteiger partial charge on any atom is -0.462 e. The Morgan fingerprint density at radius 3 is 1.29 bits per heavy atom. The normalized spacial score (nSPS) is 19.5. The lowest BCUT2D eigenvalue weighted by atomic mass is 9.99. The van der Waals surface area contributed by atoms with Crippen molar-refractivity contribution < 1.29 is 49.0 Å². The molecule has 0 amide bonds. The molecule has 4 N–H and O–H groups in total. The molecule has 0 bridgehead atoms. The van der Waals surface area contributed by atoms with E-state index < -0.39 is 49.4 Å². The van der Waals surface area contributed by atoms with E-state index in [9.17, 15) is 30.0 Å². The Labute approximate surface area is 386 Å². The van der Waals surface area contributed by atoms with Crippen LogP contribution in [0.25, 0.3) is 0 Å². The average Bonchev–Trinajstić information content (AvgIpc) is 3.28. The summed E-state index contributed by atoms with van der Waals surface area (Å²) in [4.78, 5) is 25.4. The van der Waals surface area contributed by atoms with Gasteiger partial charge in [0.1, 0.15) is 31.0 Å². The van der Waals surface area contributed by atoms with Gasteiger partial charge in [-0.15, -0.1) is 0 Å². The number of aliphatic hydroxyl groups excluding tert-OH is 4. The Balaban J connectivity index is 2.23. The topological polar surface area (TPSA) is 152 Å². The SMILES string of the molecule is CCCCCCCCCCCCCCCCCCCC/C=C/CCCC(=O)O[C@H](COC(=O)CCCCCCCCCCCCCCCCC)CO[C@@H]1O[C@H](CO)[C@H](O)C(O)C1O. The summed E-state index contributed by atoms with van der Waals surface area (Å²) in [7, 11) is 0. The van der Waals surface area contributed by atoms with Crippen LogP contribution in [-0.2, 0) is 28.5 Å². The van der Waals surface area contributed by atoms with Crippen LogP contribution in [0, 0.1) is 0 Å². The first-order valence-electron chi connectivity index (χ1n) is 26.8. The van der Waals surface area contributed by atoms with Gasteiger partial charge in [0.05, 0.1) is 13.2 Å². The highest BCUT2D eigenvalue weighted by molar-refractivity contribution is 5.70. The first-order valence-corrected chi connectivity index (χ1v) is 26.8. The van der Waals surface area contributed by atoms with Crippen LogP contribution in [0.2, 0.25) is 0 Å². The quantitative estimate of drug-likeness (QED) is 0.0264. The molecule has 1 heterocycles. The summed E-state index contributed by atoms with van der Waals surface area (Å²) in [5, 5.41) is 40.2. The zero-order chi connectivity index (χ0) is 45.9. The van der Waals surface area contributed by atoms with Gasteiger partial charge >= 0.3 is 11.9 Å². The second-order valence-electron chi connectivity index (χ2n) is 18.7. The Morgan fingerprint density at radius 1 is 0.476 bits per heavy atom. The molecular weight excluding hydrogens is 797 g/mol. The van der Waals surface area contributed by atoms with Crippen LogP contribution in [0.15, 0.2) is 12.2 Å². The summed E-state index contributed by atoms with van der Waals surface area (Å²) in [5.41, 5.74) is 0. The third-order valence-corrected chi connectivity index (χ3v) is 12.7. The number of allylic oxidation sites excluding steroid dienone is 2. The summed E-state index contributed by atoms with van der Waals surface area (Å²) < 4.78 is 22.2. The van der Waals surface area contributed by atoms with Crippen LogP contribution in [0.4, 0.5) is 0 Å². The molecule has 1 aliphatic rings. The molecule has 10 nitrogen and oxygen atoms in total. The molecule has 1 fully saturated rings. The van der Waals surface area contributed by atoms with E-state index >= 15 is 0 Å². The molecule has 1 rings (SSSR count). The van der Waals surface area contributed by atoms with Crippen molar-refractivity contribution in [1.82, 2.24) is 0 Å². The Hall–Kier alpha value is -1.56. The zero-order valence-electron chi connectivity index (χ0n) is 40.8. The second kappa shape index (κ2) is 44.3. The van der Waals surface area contributed by atoms with E-state index in [1.54, 1.807) is 0 Å². The number of rotatable bonds is 46. The van der Waals surface area contributed by atoms with Crippen LogP contribution in [0.3, 0.4) is 0 Å². The predicted octanol–water partition coefficient (Wildman–Crippen LogP) is 12.7. The molecule has 0 aliphatic carbocycles. The molecule has 1 saturated heterocycles. The van der Waals surface area contributed by atoms with Crippen LogP contribution in [0.5, 0.6) is 0 Å². The van der Waals surface area contributed by atoms with E-state index in [2.05, 4.69) is 26.0 Å². The van der Waals surface area contributed by atoms with Crippen molar-refractivity contribution in [3.05, 3.63) is 12.2 Å². The van der Waals surface area contributed by atoms with E-state index in [-0.39, 0.29) is 32.0 Å². The molecule has 2 unspecified atom stereocenters. The number of carbonyl (C=O) groups is 2. The fraction of sp³-hybridized carbons (Fsp3) is 0.925. The van der Waals surface area contributed by atoms with Gasteiger partial charge < -0.3 is 39.4 Å². The third-order valence-electron chi connectivity index (χ3n) is 12.7. The summed E-state index contributed by atoms with van der Waals surface area (Å²) in [6.07, 6.45) is 42.4. The molecule has 0 saturated carbocycles. The third kappa shape index (κ3) is 35.3. The maximum absolute atomic E-state index is 12.8. The van der Waals surface area contributed by atoms with Crippen molar-refractivity contribution in [2.45, 2.75) is 295 Å². The number of esters is 2. The lowest BCUT2D eigenvalue weighted by Crippen LogP contribution is -2.59. The first-order chi connectivity index (χ1) is 30.8. The van der Waals surface area contributed by atoms with Crippen molar-refractivity contribution in [2.24, 2.45) is 0 Å². The molecule has 0 aromatic carbocycles. The van der Waals surface area contributed by atoms with E-state index in [4.69, 9.17) is 18.9 Å². The number of aliphatic hydroxyl groups is 4. The smallest absolute Gasteiger partial charge is 0.306 e. The fourth-order valence-electron chi connectivity index (χ4n) is 8.43. The standard InChI is InChI=1S/C53H100O10/c1-3-5-7-9-11-13-15-17-19-20-21-22-23-24-25-26-28-30-32-34-36-38-40-42-49(56)62-46(45-61-53-52(59)51(58)50(57)47(43-54)63-53)44-60-48(55)41-39-37-35-33-31-29-27-18-16-14-12-10-8-6-4-2/h34,36,46-47,50-54,57-59H,3-33,35,37-45H2,1-2H3/b36-34+/t46-,47-,50+,51?,52?,53-/m1/s1. The summed E-state index contributed by atoms with van der Waals surface area (Å²) in [5.74, 6) is -0.828. The monoisotopic (exact) mass is 897 g/mol. The van der Waals surface area contributed by atoms with E-state index in [0.717, 1.165) is 32.1 Å². The highest BCUT2D eigenvalue weighted by atomic mass is 16.7. The molecule has 1 aliphatic heterocycles. The van der Waals surface area contributed by atoms with Crippen molar-refractivity contribution in [3.8, 4) is 0 Å². The Morgan fingerprint density at radius 2 is 0.857 bits per heavy atom. The summed E-state index contributed by atoms with van der Waals surface area (Å²) >= 11 is 0. The Bertz CT molecular complexity index is 1040. The minimum absolute atomic E-state index is 0.188. The number of ether oxygens (including phenoxy) is 4. The fourth-order valence-corrected chi connectivity index (χ4v) is 8.43. The second-order valence-corrected chi connectivity index (χ2v) is 18.7. The van der Waals surface area contributed by atoms with E-state index in [1.165, 1.54) is 193 Å². The van der Waals surface area contributed by atoms with Crippen LogP contribution < -0.4 is 0 Å². The highest BCUT2D eigenvalue weighted by Gasteiger charge is 2.44. The maximum Gasteiger partial charge on any atom is 0.306 e. The van der Waals surface area contributed by atoms with E-state index in [1.807, 2.05) is 0 Å². The Kier molecular flexibility index (Phi) is 41.8. The van der Waals surface area contributed by atoms with Gasteiger partial charge in [0.15, 0.2) is 12.4 Å². The number of hydrogen-bond donors (Lipinski definition) is 4. The molecule has 10 heteroatoms. The molecule has 0 aromatic rings. The van der Waals surface area contributed by atoms with Crippen molar-refractivity contribution in [3.63, 3.8) is 0 Å².